The summed E-state index contributed by atoms with van der Waals surface area (Å²) in [6.45, 7) is 0. The van der Waals surface area contributed by atoms with Gasteiger partial charge in [0.1, 0.15) is 5.15 Å². The number of benzene rings is 2. The molecule has 32 heavy (non-hydrogen) atoms. The van der Waals surface area contributed by atoms with Crippen LogP contribution < -0.4 is 15.5 Å². The molecule has 2 aromatic carbocycles. The molecule has 10 heteroatoms. The van der Waals surface area contributed by atoms with Gasteiger partial charge in [-0.25, -0.2) is 9.98 Å². The number of fused-ring (bicyclic) bond motifs is 1. The van der Waals surface area contributed by atoms with E-state index < -0.39 is 6.17 Å². The summed E-state index contributed by atoms with van der Waals surface area (Å²) < 4.78 is 0. The minimum Gasteiger partial charge on any atom is -0.333 e. The summed E-state index contributed by atoms with van der Waals surface area (Å²) in [6.07, 6.45) is 0.533. The van der Waals surface area contributed by atoms with Gasteiger partial charge in [0, 0.05) is 28.2 Å². The second-order valence-electron chi connectivity index (χ2n) is 6.89. The van der Waals surface area contributed by atoms with Crippen molar-refractivity contribution in [1.82, 2.24) is 10.3 Å². The summed E-state index contributed by atoms with van der Waals surface area (Å²) >= 11 is 24.0. The Morgan fingerprint density at radius 1 is 1.06 bits per heavy atom. The summed E-state index contributed by atoms with van der Waals surface area (Å²) in [7, 11) is 1.68. The monoisotopic (exact) mass is 503 g/mol. The molecule has 162 valence electrons. The van der Waals surface area contributed by atoms with Gasteiger partial charge in [-0.15, -0.1) is 0 Å². The molecule has 1 aliphatic heterocycles. The van der Waals surface area contributed by atoms with E-state index in [4.69, 9.17) is 52.0 Å². The van der Waals surface area contributed by atoms with Gasteiger partial charge in [-0.05, 0) is 48.6 Å². The van der Waals surface area contributed by atoms with Crippen molar-refractivity contribution in [3.8, 4) is 0 Å². The first-order chi connectivity index (χ1) is 15.3. The molecule has 0 saturated heterocycles. The molecule has 0 saturated carbocycles. The molecule has 0 spiro atoms. The van der Waals surface area contributed by atoms with Gasteiger partial charge in [0.2, 0.25) is 6.17 Å². The third-order valence-corrected chi connectivity index (χ3v) is 5.79. The highest BCUT2D eigenvalue weighted by Gasteiger charge is 2.31. The van der Waals surface area contributed by atoms with Gasteiger partial charge < -0.3 is 15.5 Å². The Bertz CT molecular complexity index is 1230. The zero-order valence-electron chi connectivity index (χ0n) is 16.6. The quantitative estimate of drug-likeness (QED) is 0.380. The third-order valence-electron chi connectivity index (χ3n) is 4.78. The van der Waals surface area contributed by atoms with Crippen molar-refractivity contribution in [3.63, 3.8) is 0 Å². The topological polar surface area (TPSA) is 69.6 Å². The molecule has 0 radical (unpaired) electrons. The van der Waals surface area contributed by atoms with E-state index in [1.165, 1.54) is 11.1 Å². The Hall–Kier alpha value is -2.71. The van der Waals surface area contributed by atoms with Crippen LogP contribution in [-0.2, 0) is 4.79 Å². The fourth-order valence-corrected chi connectivity index (χ4v) is 3.99. The molecule has 4 rings (SSSR count). The summed E-state index contributed by atoms with van der Waals surface area (Å²) in [4.78, 5) is 23.5. The molecule has 2 heterocycles. The maximum Gasteiger partial charge on any atom is 0.272 e. The summed E-state index contributed by atoms with van der Waals surface area (Å²) in [5, 5.41) is 7.54. The average Bonchev–Trinajstić information content (AvgIpc) is 2.86. The first-order valence-corrected chi connectivity index (χ1v) is 11.0. The number of hydrogen-bond donors (Lipinski definition) is 2. The standard InChI is InChI=1S/C22H16Cl3N5OS/c1-30-17-8-6-12(23)10-15(17)19(14-4-2-3-5-16(14)24)28-20(21(30)31)29-22(32)27-13-7-9-18(25)26-11-13/h2-11,20H,1H3,(H2,27,29,32). The highest BCUT2D eigenvalue weighted by Crippen LogP contribution is 2.31. The molecule has 6 nitrogen and oxygen atoms in total. The zero-order valence-corrected chi connectivity index (χ0v) is 19.7. The number of benzodiazepines with no additional fused rings is 1. The maximum absolute atomic E-state index is 13.3. The number of carbonyl (C=O) groups is 1. The lowest BCUT2D eigenvalue weighted by molar-refractivity contribution is -0.119. The SMILES string of the molecule is CN1C(=O)C(NC(=S)Nc2ccc(Cl)nc2)N=C(c2ccccc2Cl)c2cc(Cl)ccc21. The van der Waals surface area contributed by atoms with E-state index >= 15 is 0 Å². The van der Waals surface area contributed by atoms with Crippen molar-refractivity contribution in [2.45, 2.75) is 6.17 Å². The fourth-order valence-electron chi connectivity index (χ4n) is 3.25. The van der Waals surface area contributed by atoms with Crippen LogP contribution in [0.3, 0.4) is 0 Å². The lowest BCUT2D eigenvalue weighted by Crippen LogP contribution is -2.47. The molecule has 1 aromatic heterocycles. The molecule has 0 bridgehead atoms. The van der Waals surface area contributed by atoms with Crippen molar-refractivity contribution in [2.24, 2.45) is 4.99 Å². The van der Waals surface area contributed by atoms with Gasteiger partial charge >= 0.3 is 0 Å². The van der Waals surface area contributed by atoms with Crippen LogP contribution in [0.25, 0.3) is 0 Å². The number of thiocarbonyl (C=S) groups is 1. The van der Waals surface area contributed by atoms with Gasteiger partial charge in [0.05, 0.1) is 23.3 Å². The summed E-state index contributed by atoms with van der Waals surface area (Å²) in [5.74, 6) is -0.297. The Labute approximate surface area is 205 Å². The molecule has 2 N–H and O–H groups in total. The number of aromatic nitrogens is 1. The van der Waals surface area contributed by atoms with Crippen LogP contribution in [0.2, 0.25) is 15.2 Å². The van der Waals surface area contributed by atoms with Crippen LogP contribution >= 0.6 is 47.0 Å². The van der Waals surface area contributed by atoms with Gasteiger partial charge in [0.15, 0.2) is 5.11 Å². The molecule has 0 fully saturated rings. The number of nitrogens with one attached hydrogen (secondary N) is 2. The summed E-state index contributed by atoms with van der Waals surface area (Å²) in [5.41, 5.74) is 3.16. The minimum atomic E-state index is -1.00. The highest BCUT2D eigenvalue weighted by atomic mass is 35.5. The smallest absolute Gasteiger partial charge is 0.272 e. The Kier molecular flexibility index (Phi) is 6.62. The van der Waals surface area contributed by atoms with E-state index in [1.807, 2.05) is 18.2 Å². The minimum absolute atomic E-state index is 0.201. The van der Waals surface area contributed by atoms with Crippen LogP contribution in [0, 0.1) is 0 Å². The van der Waals surface area contributed by atoms with Crippen LogP contribution in [0.15, 0.2) is 65.8 Å². The van der Waals surface area contributed by atoms with Crippen molar-refractivity contribution in [1.29, 1.82) is 0 Å². The molecule has 3 aromatic rings. The number of nitrogens with zero attached hydrogens (tertiary/aromatic N) is 3. The number of amides is 1. The molecule has 1 atom stereocenters. The van der Waals surface area contributed by atoms with E-state index in [1.54, 1.807) is 43.4 Å². The van der Waals surface area contributed by atoms with Crippen molar-refractivity contribution in [3.05, 3.63) is 87.1 Å². The van der Waals surface area contributed by atoms with E-state index in [0.717, 1.165) is 0 Å². The van der Waals surface area contributed by atoms with Crippen LogP contribution in [-0.4, -0.2) is 34.9 Å². The second-order valence-corrected chi connectivity index (χ2v) is 8.53. The zero-order chi connectivity index (χ0) is 22.8. The number of anilines is 2. The number of aliphatic imine (C=N–C) groups is 1. The Morgan fingerprint density at radius 2 is 1.84 bits per heavy atom. The number of hydrogen-bond acceptors (Lipinski definition) is 4. The van der Waals surface area contributed by atoms with Crippen LogP contribution in [0.1, 0.15) is 11.1 Å². The molecular formula is C22H16Cl3N5OS. The molecule has 1 aliphatic rings. The van der Waals surface area contributed by atoms with E-state index in [9.17, 15) is 4.79 Å². The van der Waals surface area contributed by atoms with E-state index in [2.05, 4.69) is 15.6 Å². The van der Waals surface area contributed by atoms with Crippen LogP contribution in [0.5, 0.6) is 0 Å². The second kappa shape index (κ2) is 9.42. The number of rotatable bonds is 3. The highest BCUT2D eigenvalue weighted by molar-refractivity contribution is 7.80. The third kappa shape index (κ3) is 4.71. The number of carbonyl (C=O) groups excluding carboxylic acids is 1. The average molecular weight is 505 g/mol. The number of halogens is 3. The lowest BCUT2D eigenvalue weighted by Gasteiger charge is -2.22. The van der Waals surface area contributed by atoms with Crippen molar-refractivity contribution in [2.75, 3.05) is 17.3 Å². The lowest BCUT2D eigenvalue weighted by atomic mass is 10.00. The molecule has 1 amide bonds. The number of pyridine rings is 1. The van der Waals surface area contributed by atoms with Crippen molar-refractivity contribution < 1.29 is 4.79 Å². The fraction of sp³-hybridized carbons (Fsp3) is 0.0909. The maximum atomic E-state index is 13.3. The van der Waals surface area contributed by atoms with Gasteiger partial charge in [0.25, 0.3) is 5.91 Å². The Morgan fingerprint density at radius 3 is 2.56 bits per heavy atom. The molecule has 0 aliphatic carbocycles. The Balaban J connectivity index is 1.74. The predicted octanol–water partition coefficient (Wildman–Crippen LogP) is 5.17. The first-order valence-electron chi connectivity index (χ1n) is 9.43. The van der Waals surface area contributed by atoms with Gasteiger partial charge in [-0.1, -0.05) is 53.0 Å². The summed E-state index contributed by atoms with van der Waals surface area (Å²) in [6, 6.07) is 15.9. The molecule has 1 unspecified atom stereocenters. The molecular weight excluding hydrogens is 489 g/mol. The van der Waals surface area contributed by atoms with Crippen molar-refractivity contribution >= 4 is 75.1 Å². The predicted molar refractivity (Wildman–Crippen MR) is 134 cm³/mol. The first kappa shape index (κ1) is 22.5. The largest absolute Gasteiger partial charge is 0.333 e. The normalized spacial score (nSPS) is 15.5. The van der Waals surface area contributed by atoms with Gasteiger partial charge in [-0.2, -0.15) is 0 Å². The number of likely N-dealkylation sites (N-methyl/N-ethyl adjacent to an activating group) is 1. The van der Waals surface area contributed by atoms with E-state index in [-0.39, 0.29) is 11.0 Å². The van der Waals surface area contributed by atoms with Gasteiger partial charge in [-0.3, -0.25) is 4.79 Å². The van der Waals surface area contributed by atoms with E-state index in [0.29, 0.717) is 43.4 Å². The van der Waals surface area contributed by atoms with Crippen LogP contribution in [0.4, 0.5) is 11.4 Å².